The van der Waals surface area contributed by atoms with Crippen molar-refractivity contribution in [3.63, 3.8) is 0 Å². The Balaban J connectivity index is 2.02. The summed E-state index contributed by atoms with van der Waals surface area (Å²) in [6, 6.07) is 0. The van der Waals surface area contributed by atoms with Crippen LogP contribution in [0, 0.1) is 0 Å². The first-order chi connectivity index (χ1) is 6.93. The number of likely N-dealkylation sites (tertiary alicyclic amines) is 1. The summed E-state index contributed by atoms with van der Waals surface area (Å²) in [5.41, 5.74) is 0. The van der Waals surface area contributed by atoms with Crippen LogP contribution in [0.1, 0.15) is 32.1 Å². The van der Waals surface area contributed by atoms with Gasteiger partial charge in [-0.05, 0) is 25.9 Å². The summed E-state index contributed by atoms with van der Waals surface area (Å²) in [5, 5.41) is 0. The molecule has 0 unspecified atom stereocenters. The van der Waals surface area contributed by atoms with E-state index in [9.17, 15) is 0 Å². The van der Waals surface area contributed by atoms with Crippen molar-refractivity contribution in [2.75, 3.05) is 38.6 Å². The predicted molar refractivity (Wildman–Crippen MR) is 64.2 cm³/mol. The Morgan fingerprint density at radius 1 is 0.929 bits per heavy atom. The van der Waals surface area contributed by atoms with Crippen molar-refractivity contribution in [2.24, 2.45) is 0 Å². The molecule has 0 spiro atoms. The Hall–Kier alpha value is 0.270. The van der Waals surface area contributed by atoms with Crippen LogP contribution in [0.3, 0.4) is 0 Å². The zero-order valence-corrected chi connectivity index (χ0v) is 9.98. The SMILES string of the molecule is SCCOCCN1CCCCCCC1. The number of thiol groups is 1. The smallest absolute Gasteiger partial charge is 0.0593 e. The summed E-state index contributed by atoms with van der Waals surface area (Å²) in [6.07, 6.45) is 6.99. The summed E-state index contributed by atoms with van der Waals surface area (Å²) in [6.45, 7) is 5.31. The van der Waals surface area contributed by atoms with Gasteiger partial charge < -0.3 is 9.64 Å². The number of ether oxygens (including phenoxy) is 1. The standard InChI is InChI=1S/C11H23NOS/c14-11-10-13-9-8-12-6-4-2-1-3-5-7-12/h14H,1-11H2. The van der Waals surface area contributed by atoms with Gasteiger partial charge in [-0.3, -0.25) is 0 Å². The molecule has 0 aliphatic carbocycles. The predicted octanol–water partition coefficient (Wildman–Crippen LogP) is 2.20. The minimum absolute atomic E-state index is 0.789. The van der Waals surface area contributed by atoms with Crippen LogP contribution in [0.25, 0.3) is 0 Å². The lowest BCUT2D eigenvalue weighted by Gasteiger charge is -2.24. The molecule has 0 amide bonds. The van der Waals surface area contributed by atoms with Crippen LogP contribution in [0.15, 0.2) is 0 Å². The van der Waals surface area contributed by atoms with Gasteiger partial charge in [-0.15, -0.1) is 0 Å². The van der Waals surface area contributed by atoms with Crippen LogP contribution in [-0.2, 0) is 4.74 Å². The molecule has 14 heavy (non-hydrogen) atoms. The van der Waals surface area contributed by atoms with Gasteiger partial charge in [0.2, 0.25) is 0 Å². The second-order valence-electron chi connectivity index (χ2n) is 3.95. The van der Waals surface area contributed by atoms with Crippen LogP contribution in [0.2, 0.25) is 0 Å². The van der Waals surface area contributed by atoms with E-state index in [4.69, 9.17) is 4.74 Å². The molecule has 0 radical (unpaired) electrons. The highest BCUT2D eigenvalue weighted by Crippen LogP contribution is 2.09. The van der Waals surface area contributed by atoms with Gasteiger partial charge in [-0.2, -0.15) is 12.6 Å². The van der Waals surface area contributed by atoms with Crippen molar-refractivity contribution in [3.8, 4) is 0 Å². The fourth-order valence-corrected chi connectivity index (χ4v) is 2.03. The van der Waals surface area contributed by atoms with Gasteiger partial charge in [0.05, 0.1) is 13.2 Å². The lowest BCUT2D eigenvalue weighted by molar-refractivity contribution is 0.111. The maximum Gasteiger partial charge on any atom is 0.0593 e. The average molecular weight is 217 g/mol. The number of nitrogens with zero attached hydrogens (tertiary/aromatic N) is 1. The minimum atomic E-state index is 0.789. The molecule has 0 aromatic heterocycles. The monoisotopic (exact) mass is 217 g/mol. The first-order valence-corrected chi connectivity index (χ1v) is 6.47. The Morgan fingerprint density at radius 3 is 2.21 bits per heavy atom. The van der Waals surface area contributed by atoms with Gasteiger partial charge in [-0.1, -0.05) is 19.3 Å². The molecule has 1 aliphatic heterocycles. The zero-order chi connectivity index (χ0) is 10.1. The number of rotatable bonds is 5. The van der Waals surface area contributed by atoms with Crippen molar-refractivity contribution in [2.45, 2.75) is 32.1 Å². The van der Waals surface area contributed by atoms with Crippen LogP contribution in [-0.4, -0.2) is 43.5 Å². The molecule has 84 valence electrons. The molecule has 0 N–H and O–H groups in total. The highest BCUT2D eigenvalue weighted by molar-refractivity contribution is 7.80. The van der Waals surface area contributed by atoms with Crippen molar-refractivity contribution in [3.05, 3.63) is 0 Å². The lowest BCUT2D eigenvalue weighted by atomic mass is 10.1. The third-order valence-corrected chi connectivity index (χ3v) is 2.92. The zero-order valence-electron chi connectivity index (χ0n) is 9.08. The van der Waals surface area contributed by atoms with Gasteiger partial charge in [0.15, 0.2) is 0 Å². The van der Waals surface area contributed by atoms with E-state index in [2.05, 4.69) is 17.5 Å². The molecule has 1 saturated heterocycles. The molecule has 1 heterocycles. The third kappa shape index (κ3) is 5.89. The molecule has 1 fully saturated rings. The third-order valence-electron chi connectivity index (χ3n) is 2.74. The van der Waals surface area contributed by atoms with E-state index in [0.717, 1.165) is 25.5 Å². The fourth-order valence-electron chi connectivity index (χ4n) is 1.90. The van der Waals surface area contributed by atoms with E-state index >= 15 is 0 Å². The van der Waals surface area contributed by atoms with E-state index in [-0.39, 0.29) is 0 Å². The summed E-state index contributed by atoms with van der Waals surface area (Å²) >= 11 is 4.11. The van der Waals surface area contributed by atoms with Gasteiger partial charge in [0.25, 0.3) is 0 Å². The first kappa shape index (κ1) is 12.3. The molecular weight excluding hydrogens is 194 g/mol. The average Bonchev–Trinajstić information content (AvgIpc) is 2.15. The Bertz CT molecular complexity index is 124. The highest BCUT2D eigenvalue weighted by Gasteiger charge is 2.06. The second-order valence-corrected chi connectivity index (χ2v) is 4.39. The van der Waals surface area contributed by atoms with Crippen molar-refractivity contribution >= 4 is 12.6 Å². The molecule has 2 nitrogen and oxygen atoms in total. The van der Waals surface area contributed by atoms with E-state index in [0.29, 0.717) is 0 Å². The largest absolute Gasteiger partial charge is 0.379 e. The first-order valence-electron chi connectivity index (χ1n) is 5.84. The second kappa shape index (κ2) is 8.57. The maximum atomic E-state index is 5.44. The Labute approximate surface area is 93.4 Å². The number of hydrogen-bond acceptors (Lipinski definition) is 3. The van der Waals surface area contributed by atoms with Crippen LogP contribution in [0.4, 0.5) is 0 Å². The molecular formula is C11H23NOS. The summed E-state index contributed by atoms with van der Waals surface area (Å²) in [5.74, 6) is 0.833. The van der Waals surface area contributed by atoms with E-state index < -0.39 is 0 Å². The van der Waals surface area contributed by atoms with Crippen LogP contribution >= 0.6 is 12.6 Å². The van der Waals surface area contributed by atoms with Crippen molar-refractivity contribution in [1.29, 1.82) is 0 Å². The summed E-state index contributed by atoms with van der Waals surface area (Å²) in [4.78, 5) is 2.54. The maximum absolute atomic E-state index is 5.44. The minimum Gasteiger partial charge on any atom is -0.379 e. The molecule has 0 bridgehead atoms. The van der Waals surface area contributed by atoms with E-state index in [1.54, 1.807) is 0 Å². The molecule has 0 aromatic rings. The normalized spacial score (nSPS) is 20.4. The van der Waals surface area contributed by atoms with Crippen molar-refractivity contribution in [1.82, 2.24) is 4.90 Å². The molecule has 0 atom stereocenters. The van der Waals surface area contributed by atoms with Crippen molar-refractivity contribution < 1.29 is 4.74 Å². The van der Waals surface area contributed by atoms with E-state index in [1.165, 1.54) is 45.2 Å². The summed E-state index contributed by atoms with van der Waals surface area (Å²) < 4.78 is 5.44. The molecule has 0 aromatic carbocycles. The van der Waals surface area contributed by atoms with E-state index in [1.807, 2.05) is 0 Å². The van der Waals surface area contributed by atoms with Crippen LogP contribution < -0.4 is 0 Å². The van der Waals surface area contributed by atoms with Gasteiger partial charge in [-0.25, -0.2) is 0 Å². The fraction of sp³-hybridized carbons (Fsp3) is 1.00. The quantitative estimate of drug-likeness (QED) is 0.560. The topological polar surface area (TPSA) is 12.5 Å². The summed E-state index contributed by atoms with van der Waals surface area (Å²) in [7, 11) is 0. The Morgan fingerprint density at radius 2 is 1.57 bits per heavy atom. The highest BCUT2D eigenvalue weighted by atomic mass is 32.1. The number of hydrogen-bond donors (Lipinski definition) is 1. The van der Waals surface area contributed by atoms with Gasteiger partial charge in [0, 0.05) is 12.3 Å². The lowest BCUT2D eigenvalue weighted by Crippen LogP contribution is -2.30. The van der Waals surface area contributed by atoms with Gasteiger partial charge in [0.1, 0.15) is 0 Å². The molecule has 3 heteroatoms. The van der Waals surface area contributed by atoms with Gasteiger partial charge >= 0.3 is 0 Å². The molecule has 0 saturated carbocycles. The Kier molecular flexibility index (Phi) is 7.55. The molecule has 1 rings (SSSR count). The van der Waals surface area contributed by atoms with Crippen LogP contribution in [0.5, 0.6) is 0 Å². The molecule has 1 aliphatic rings.